The lowest BCUT2D eigenvalue weighted by Crippen LogP contribution is -2.12. The average Bonchev–Trinajstić information content (AvgIpc) is 2.68. The van der Waals surface area contributed by atoms with E-state index in [2.05, 4.69) is 10.3 Å². The Hall–Kier alpha value is -3.44. The first-order chi connectivity index (χ1) is 13.0. The lowest BCUT2D eigenvalue weighted by molar-refractivity contribution is -0.111. The fraction of sp³-hybridized carbons (Fsp3) is 0. The van der Waals surface area contributed by atoms with E-state index in [4.69, 9.17) is 11.6 Å². The number of halogens is 1. The molecule has 2 aromatic carbocycles. The number of nitrogens with one attached hydrogen (secondary N) is 1. The van der Waals surface area contributed by atoms with E-state index >= 15 is 0 Å². The summed E-state index contributed by atoms with van der Waals surface area (Å²) in [5.41, 5.74) is 2.91. The van der Waals surface area contributed by atoms with Crippen LogP contribution in [0.25, 0.3) is 17.2 Å². The largest absolute Gasteiger partial charge is 0.478 e. The van der Waals surface area contributed by atoms with Crippen LogP contribution in [0.2, 0.25) is 5.02 Å². The summed E-state index contributed by atoms with van der Waals surface area (Å²) < 4.78 is 0. The monoisotopic (exact) mass is 378 g/mol. The summed E-state index contributed by atoms with van der Waals surface area (Å²) >= 11 is 5.81. The molecule has 27 heavy (non-hydrogen) atoms. The Morgan fingerprint density at radius 1 is 1.04 bits per heavy atom. The van der Waals surface area contributed by atoms with Crippen LogP contribution >= 0.6 is 11.6 Å². The molecule has 0 aliphatic heterocycles. The van der Waals surface area contributed by atoms with E-state index in [1.165, 1.54) is 24.3 Å². The molecule has 1 heterocycles. The zero-order valence-electron chi connectivity index (χ0n) is 14.1. The van der Waals surface area contributed by atoms with Gasteiger partial charge < -0.3 is 10.4 Å². The lowest BCUT2D eigenvalue weighted by atomic mass is 10.0. The van der Waals surface area contributed by atoms with Gasteiger partial charge in [-0.15, -0.1) is 0 Å². The maximum atomic E-state index is 12.2. The first kappa shape index (κ1) is 18.4. The molecule has 0 saturated heterocycles. The van der Waals surface area contributed by atoms with Gasteiger partial charge in [0.05, 0.1) is 11.3 Å². The van der Waals surface area contributed by atoms with E-state index in [0.29, 0.717) is 0 Å². The number of benzene rings is 2. The second kappa shape index (κ2) is 8.29. The van der Waals surface area contributed by atoms with Crippen molar-refractivity contribution >= 4 is 35.2 Å². The molecule has 0 fully saturated rings. The number of pyridine rings is 1. The molecule has 5 nitrogen and oxygen atoms in total. The molecule has 2 N–H and O–H groups in total. The number of rotatable bonds is 5. The summed E-state index contributed by atoms with van der Waals surface area (Å²) in [4.78, 5) is 27.5. The number of amides is 1. The van der Waals surface area contributed by atoms with E-state index in [9.17, 15) is 14.7 Å². The highest BCUT2D eigenvalue weighted by atomic mass is 35.5. The quantitative estimate of drug-likeness (QED) is 0.628. The van der Waals surface area contributed by atoms with Crippen LogP contribution in [0.4, 0.5) is 5.69 Å². The van der Waals surface area contributed by atoms with Crippen LogP contribution in [-0.2, 0) is 4.79 Å². The number of carbonyl (C=O) groups is 2. The molecule has 0 radical (unpaired) electrons. The normalized spacial score (nSPS) is 10.7. The molecule has 0 saturated carbocycles. The van der Waals surface area contributed by atoms with Crippen molar-refractivity contribution in [2.45, 2.75) is 0 Å². The minimum absolute atomic E-state index is 0.0668. The Morgan fingerprint density at radius 3 is 2.59 bits per heavy atom. The minimum Gasteiger partial charge on any atom is -0.478 e. The van der Waals surface area contributed by atoms with Gasteiger partial charge in [0.1, 0.15) is 0 Å². The van der Waals surface area contributed by atoms with Gasteiger partial charge in [0.2, 0.25) is 5.91 Å². The van der Waals surface area contributed by atoms with E-state index in [1.807, 2.05) is 36.4 Å². The Balaban J connectivity index is 1.75. The van der Waals surface area contributed by atoms with Crippen molar-refractivity contribution < 1.29 is 14.7 Å². The van der Waals surface area contributed by atoms with Crippen molar-refractivity contribution in [3.63, 3.8) is 0 Å². The minimum atomic E-state index is -1.17. The number of hydrogen-bond acceptors (Lipinski definition) is 3. The first-order valence-corrected chi connectivity index (χ1v) is 8.43. The highest BCUT2D eigenvalue weighted by molar-refractivity contribution is 6.31. The van der Waals surface area contributed by atoms with Crippen molar-refractivity contribution in [2.75, 3.05) is 5.32 Å². The van der Waals surface area contributed by atoms with Crippen LogP contribution in [0.15, 0.2) is 73.1 Å². The zero-order chi connectivity index (χ0) is 19.2. The van der Waals surface area contributed by atoms with Crippen LogP contribution in [0.1, 0.15) is 15.9 Å². The molecule has 0 aliphatic carbocycles. The summed E-state index contributed by atoms with van der Waals surface area (Å²) in [6, 6.07) is 15.7. The number of hydrogen-bond donors (Lipinski definition) is 2. The van der Waals surface area contributed by atoms with Crippen molar-refractivity contribution in [3.8, 4) is 11.1 Å². The highest BCUT2D eigenvalue weighted by Crippen LogP contribution is 2.22. The molecule has 0 atom stereocenters. The van der Waals surface area contributed by atoms with E-state index in [0.717, 1.165) is 16.7 Å². The number of carbonyl (C=O) groups excluding carboxylic acids is 1. The molecule has 0 aliphatic rings. The summed E-state index contributed by atoms with van der Waals surface area (Å²) in [7, 11) is 0. The molecule has 0 unspecified atom stereocenters. The average molecular weight is 379 g/mol. The molecule has 0 spiro atoms. The standard InChI is InChI=1S/C21H15ClN2O3/c22-17-7-8-19(18(12-17)21(26)27)24-20(25)9-6-14-3-1-4-15(11-14)16-5-2-10-23-13-16/h1-13H,(H,24,25)(H,26,27)/b9-6+. The van der Waals surface area contributed by atoms with E-state index in [1.54, 1.807) is 18.5 Å². The maximum Gasteiger partial charge on any atom is 0.337 e. The number of anilines is 1. The van der Waals surface area contributed by atoms with Gasteiger partial charge in [0.25, 0.3) is 0 Å². The van der Waals surface area contributed by atoms with Gasteiger partial charge in [0, 0.05) is 29.1 Å². The molecule has 1 aromatic heterocycles. The molecule has 134 valence electrons. The zero-order valence-corrected chi connectivity index (χ0v) is 14.9. The number of aromatic nitrogens is 1. The Kier molecular flexibility index (Phi) is 5.64. The summed E-state index contributed by atoms with van der Waals surface area (Å²) in [6.45, 7) is 0. The third-order valence-electron chi connectivity index (χ3n) is 3.78. The van der Waals surface area contributed by atoms with Gasteiger partial charge in [-0.3, -0.25) is 9.78 Å². The molecule has 0 bridgehead atoms. The van der Waals surface area contributed by atoms with E-state index < -0.39 is 11.9 Å². The van der Waals surface area contributed by atoms with Gasteiger partial charge in [-0.05, 0) is 47.5 Å². The Bertz CT molecular complexity index is 1020. The SMILES string of the molecule is O=C(/C=C/c1cccc(-c2cccnc2)c1)Nc1ccc(Cl)cc1C(=O)O. The number of carboxylic acid groups (broad SMARTS) is 1. The van der Waals surface area contributed by atoms with Crippen LogP contribution in [-0.4, -0.2) is 22.0 Å². The molecule has 6 heteroatoms. The Labute approximate surface area is 161 Å². The number of aromatic carboxylic acids is 1. The Morgan fingerprint density at radius 2 is 1.85 bits per heavy atom. The molecule has 3 rings (SSSR count). The van der Waals surface area contributed by atoms with Gasteiger partial charge in [0.15, 0.2) is 0 Å². The highest BCUT2D eigenvalue weighted by Gasteiger charge is 2.12. The molecule has 3 aromatic rings. The summed E-state index contributed by atoms with van der Waals surface area (Å²) in [5, 5.41) is 12.1. The predicted molar refractivity (Wildman–Crippen MR) is 106 cm³/mol. The third-order valence-corrected chi connectivity index (χ3v) is 4.01. The van der Waals surface area contributed by atoms with Gasteiger partial charge in [-0.25, -0.2) is 4.79 Å². The molecular formula is C21H15ClN2O3. The van der Waals surface area contributed by atoms with Crippen LogP contribution in [0.5, 0.6) is 0 Å². The predicted octanol–water partition coefficient (Wildman–Crippen LogP) is 4.75. The first-order valence-electron chi connectivity index (χ1n) is 8.05. The van der Waals surface area contributed by atoms with Crippen LogP contribution in [0, 0.1) is 0 Å². The lowest BCUT2D eigenvalue weighted by Gasteiger charge is -2.07. The number of nitrogens with zero attached hydrogens (tertiary/aromatic N) is 1. The van der Waals surface area contributed by atoms with Gasteiger partial charge in [-0.1, -0.05) is 35.9 Å². The van der Waals surface area contributed by atoms with Crippen LogP contribution in [0.3, 0.4) is 0 Å². The van der Waals surface area contributed by atoms with Crippen molar-refractivity contribution in [2.24, 2.45) is 0 Å². The fourth-order valence-corrected chi connectivity index (χ4v) is 2.68. The second-order valence-corrected chi connectivity index (χ2v) is 6.12. The number of carboxylic acids is 1. The molecular weight excluding hydrogens is 364 g/mol. The topological polar surface area (TPSA) is 79.3 Å². The summed E-state index contributed by atoms with van der Waals surface area (Å²) in [6.07, 6.45) is 6.48. The van der Waals surface area contributed by atoms with Crippen LogP contribution < -0.4 is 5.32 Å². The van der Waals surface area contributed by atoms with Crippen molar-refractivity contribution in [3.05, 3.63) is 89.2 Å². The van der Waals surface area contributed by atoms with E-state index in [-0.39, 0.29) is 16.3 Å². The third kappa shape index (κ3) is 4.80. The fourth-order valence-electron chi connectivity index (χ4n) is 2.50. The van der Waals surface area contributed by atoms with Gasteiger partial charge >= 0.3 is 5.97 Å². The van der Waals surface area contributed by atoms with Crippen molar-refractivity contribution in [1.29, 1.82) is 0 Å². The van der Waals surface area contributed by atoms with Gasteiger partial charge in [-0.2, -0.15) is 0 Å². The smallest absolute Gasteiger partial charge is 0.337 e. The maximum absolute atomic E-state index is 12.2. The summed E-state index contributed by atoms with van der Waals surface area (Å²) in [5.74, 6) is -1.60. The second-order valence-electron chi connectivity index (χ2n) is 5.68. The molecule has 1 amide bonds. The van der Waals surface area contributed by atoms with Crippen molar-refractivity contribution in [1.82, 2.24) is 4.98 Å².